The summed E-state index contributed by atoms with van der Waals surface area (Å²) in [6.07, 6.45) is 0. The number of nitrogens with zero attached hydrogens (tertiary/aromatic N) is 4. The molecule has 11 aromatic rings. The molecule has 0 spiro atoms. The fourth-order valence-electron chi connectivity index (χ4n) is 7.81. The minimum absolute atomic E-state index is 0.653. The second-order valence-corrected chi connectivity index (χ2v) is 13.9. The average Bonchev–Trinajstić information content (AvgIpc) is 3.74. The van der Waals surface area contributed by atoms with Crippen LogP contribution in [0.1, 0.15) is 0 Å². The summed E-state index contributed by atoms with van der Waals surface area (Å²) in [4.78, 5) is 15.1. The van der Waals surface area contributed by atoms with E-state index in [9.17, 15) is 0 Å². The second kappa shape index (κ2) is 10.5. The molecule has 4 nitrogen and oxygen atoms in total. The number of para-hydroxylation sites is 1. The Labute approximate surface area is 290 Å². The molecular formula is C45H26N4S. The van der Waals surface area contributed by atoms with Gasteiger partial charge >= 0.3 is 0 Å². The first-order valence-corrected chi connectivity index (χ1v) is 17.6. The average molecular weight is 655 g/mol. The Morgan fingerprint density at radius 3 is 1.64 bits per heavy atom. The number of aromatic nitrogens is 4. The zero-order valence-corrected chi connectivity index (χ0v) is 27.5. The summed E-state index contributed by atoms with van der Waals surface area (Å²) in [5, 5.41) is 10.00. The first-order chi connectivity index (χ1) is 24.8. The maximum absolute atomic E-state index is 5.07. The molecule has 4 heterocycles. The zero-order valence-electron chi connectivity index (χ0n) is 26.7. The lowest BCUT2D eigenvalue weighted by Crippen LogP contribution is -2.00. The number of benzene rings is 7. The van der Waals surface area contributed by atoms with Gasteiger partial charge in [0.05, 0.1) is 16.6 Å². The molecule has 0 bridgehead atoms. The number of rotatable bonds is 3. The van der Waals surface area contributed by atoms with Gasteiger partial charge in [-0.3, -0.25) is 0 Å². The number of fused-ring (bicyclic) bond motifs is 8. The van der Waals surface area contributed by atoms with Crippen LogP contribution in [0.4, 0.5) is 0 Å². The van der Waals surface area contributed by atoms with Crippen LogP contribution in [0.5, 0.6) is 0 Å². The van der Waals surface area contributed by atoms with Crippen molar-refractivity contribution in [1.29, 1.82) is 0 Å². The lowest BCUT2D eigenvalue weighted by Gasteiger charge is -2.09. The molecule has 232 valence electrons. The van der Waals surface area contributed by atoms with Crippen LogP contribution >= 0.6 is 11.3 Å². The van der Waals surface area contributed by atoms with E-state index in [0.717, 1.165) is 22.2 Å². The largest absolute Gasteiger partial charge is 0.308 e. The van der Waals surface area contributed by atoms with Gasteiger partial charge in [-0.2, -0.15) is 0 Å². The molecule has 0 aliphatic rings. The standard InChI is InChI=1S/C45H26N4S/c1-3-12-27(13-4-1)43-46-44(28-14-5-2-6-15-28)48-45(47-43)29-22-24-37-35(26-29)34-23-25-39-41-40-33(19-11-21-38(40)50-39)31-17-8-7-16-30(31)32-18-9-10-20-36(32)49(37)42(34)41/h1-26H. The predicted octanol–water partition coefficient (Wildman–Crippen LogP) is 12.1. The van der Waals surface area contributed by atoms with E-state index in [0.29, 0.717) is 17.5 Å². The van der Waals surface area contributed by atoms with E-state index in [4.69, 9.17) is 15.0 Å². The quantitative estimate of drug-likeness (QED) is 0.190. The molecule has 0 unspecified atom stereocenters. The van der Waals surface area contributed by atoms with Crippen molar-refractivity contribution in [3.8, 4) is 34.2 Å². The SMILES string of the molecule is c1ccc(-c2nc(-c3ccccc3)nc(-c3ccc4c(c3)c3ccc5sc6cccc7c8ccccc8c8ccccc8n4c3c5c67)n2)cc1. The van der Waals surface area contributed by atoms with Crippen molar-refractivity contribution in [3.63, 3.8) is 0 Å². The van der Waals surface area contributed by atoms with E-state index < -0.39 is 0 Å². The van der Waals surface area contributed by atoms with Gasteiger partial charge in [-0.25, -0.2) is 15.0 Å². The molecule has 50 heavy (non-hydrogen) atoms. The molecule has 11 rings (SSSR count). The summed E-state index contributed by atoms with van der Waals surface area (Å²) in [6.45, 7) is 0. The molecule has 5 heteroatoms. The van der Waals surface area contributed by atoms with Crippen LogP contribution in [0.2, 0.25) is 0 Å². The summed E-state index contributed by atoms with van der Waals surface area (Å²) >= 11 is 1.87. The van der Waals surface area contributed by atoms with E-state index in [2.05, 4.69) is 126 Å². The topological polar surface area (TPSA) is 43.1 Å². The van der Waals surface area contributed by atoms with Gasteiger partial charge in [0.15, 0.2) is 17.5 Å². The van der Waals surface area contributed by atoms with Crippen molar-refractivity contribution in [3.05, 3.63) is 158 Å². The molecule has 0 aliphatic carbocycles. The van der Waals surface area contributed by atoms with Crippen LogP contribution < -0.4 is 0 Å². The van der Waals surface area contributed by atoms with Gasteiger partial charge in [0.25, 0.3) is 0 Å². The summed E-state index contributed by atoms with van der Waals surface area (Å²) in [5.74, 6) is 1.97. The molecule has 0 aliphatic heterocycles. The molecule has 0 atom stereocenters. The number of hydrogen-bond acceptors (Lipinski definition) is 4. The van der Waals surface area contributed by atoms with Crippen LogP contribution in [0.25, 0.3) is 103 Å². The van der Waals surface area contributed by atoms with Gasteiger partial charge in [-0.1, -0.05) is 121 Å². The van der Waals surface area contributed by atoms with Crippen LogP contribution in [0, 0.1) is 0 Å². The fraction of sp³-hybridized carbons (Fsp3) is 0. The molecule has 0 radical (unpaired) electrons. The minimum Gasteiger partial charge on any atom is -0.308 e. The van der Waals surface area contributed by atoms with Gasteiger partial charge in [-0.15, -0.1) is 11.3 Å². The van der Waals surface area contributed by atoms with Crippen molar-refractivity contribution in [2.24, 2.45) is 0 Å². The number of hydrogen-bond donors (Lipinski definition) is 0. The fourth-order valence-corrected chi connectivity index (χ4v) is 8.94. The molecule has 0 fully saturated rings. The summed E-state index contributed by atoms with van der Waals surface area (Å²) in [7, 11) is 0. The van der Waals surface area contributed by atoms with Crippen LogP contribution in [-0.2, 0) is 0 Å². The van der Waals surface area contributed by atoms with Crippen molar-refractivity contribution in [1.82, 2.24) is 19.4 Å². The monoisotopic (exact) mass is 654 g/mol. The van der Waals surface area contributed by atoms with Gasteiger partial charge in [0, 0.05) is 53.0 Å². The van der Waals surface area contributed by atoms with E-state index in [1.807, 2.05) is 47.7 Å². The molecular weight excluding hydrogens is 629 g/mol. The Morgan fingerprint density at radius 2 is 0.920 bits per heavy atom. The minimum atomic E-state index is 0.653. The third-order valence-corrected chi connectivity index (χ3v) is 11.1. The Morgan fingerprint density at radius 1 is 0.360 bits per heavy atom. The van der Waals surface area contributed by atoms with Crippen molar-refractivity contribution in [2.45, 2.75) is 0 Å². The van der Waals surface area contributed by atoms with Crippen molar-refractivity contribution in [2.75, 3.05) is 0 Å². The van der Waals surface area contributed by atoms with Gasteiger partial charge in [0.2, 0.25) is 0 Å². The van der Waals surface area contributed by atoms with E-state index in [-0.39, 0.29) is 0 Å². The Bertz CT molecular complexity index is 3070. The van der Waals surface area contributed by atoms with Gasteiger partial charge in [-0.05, 0) is 52.6 Å². The summed E-state index contributed by atoms with van der Waals surface area (Å²) in [5.41, 5.74) is 6.43. The number of thiophene rings is 1. The Balaban J connectivity index is 1.30. The highest BCUT2D eigenvalue weighted by atomic mass is 32.1. The highest BCUT2D eigenvalue weighted by Crippen LogP contribution is 2.46. The van der Waals surface area contributed by atoms with Crippen LogP contribution in [-0.4, -0.2) is 19.4 Å². The predicted molar refractivity (Wildman–Crippen MR) is 210 cm³/mol. The van der Waals surface area contributed by atoms with Crippen LogP contribution in [0.15, 0.2) is 158 Å². The lowest BCUT2D eigenvalue weighted by atomic mass is 10.0. The van der Waals surface area contributed by atoms with E-state index >= 15 is 0 Å². The molecule has 0 N–H and O–H groups in total. The summed E-state index contributed by atoms with van der Waals surface area (Å²) < 4.78 is 5.09. The molecule has 7 aromatic carbocycles. The maximum Gasteiger partial charge on any atom is 0.164 e. The van der Waals surface area contributed by atoms with Gasteiger partial charge in [0.1, 0.15) is 0 Å². The second-order valence-electron chi connectivity index (χ2n) is 12.8. The smallest absolute Gasteiger partial charge is 0.164 e. The first-order valence-electron chi connectivity index (χ1n) is 16.8. The van der Waals surface area contributed by atoms with E-state index in [1.165, 1.54) is 63.5 Å². The van der Waals surface area contributed by atoms with Crippen molar-refractivity contribution < 1.29 is 0 Å². The lowest BCUT2D eigenvalue weighted by molar-refractivity contribution is 1.07. The third-order valence-electron chi connectivity index (χ3n) is 10.00. The Kier molecular flexibility index (Phi) is 5.80. The van der Waals surface area contributed by atoms with E-state index in [1.54, 1.807) is 0 Å². The van der Waals surface area contributed by atoms with Gasteiger partial charge < -0.3 is 4.40 Å². The van der Waals surface area contributed by atoms with Crippen LogP contribution in [0.3, 0.4) is 0 Å². The highest BCUT2D eigenvalue weighted by molar-refractivity contribution is 7.26. The molecule has 0 saturated heterocycles. The first kappa shape index (κ1) is 27.5. The highest BCUT2D eigenvalue weighted by Gasteiger charge is 2.20. The Hall–Kier alpha value is -6.43. The maximum atomic E-state index is 5.07. The van der Waals surface area contributed by atoms with Crippen molar-refractivity contribution >= 4 is 80.4 Å². The molecule has 0 saturated carbocycles. The molecule has 0 amide bonds. The third kappa shape index (κ3) is 3.95. The normalized spacial score (nSPS) is 12.0. The summed E-state index contributed by atoms with van der Waals surface area (Å²) in [6, 6.07) is 56.1. The zero-order chi connectivity index (χ0) is 32.8. The molecule has 4 aromatic heterocycles.